The first kappa shape index (κ1) is 13.5. The normalized spacial score (nSPS) is 10.7. The largest absolute Gasteiger partial charge is 0.477 e. The minimum absolute atomic E-state index is 0.361. The molecule has 0 bridgehead atoms. The molecule has 0 spiro atoms. The molecule has 2 heterocycles. The fourth-order valence-electron chi connectivity index (χ4n) is 1.88. The van der Waals surface area contributed by atoms with E-state index in [2.05, 4.69) is 34.1 Å². The summed E-state index contributed by atoms with van der Waals surface area (Å²) in [6.45, 7) is 0. The number of hydrogen-bond acceptors (Lipinski definition) is 3. The second-order valence-corrected chi connectivity index (χ2v) is 7.59. The Bertz CT molecular complexity index is 759. The van der Waals surface area contributed by atoms with Crippen molar-refractivity contribution in [1.82, 2.24) is 0 Å². The van der Waals surface area contributed by atoms with E-state index in [1.54, 1.807) is 17.4 Å². The lowest BCUT2D eigenvalue weighted by Crippen LogP contribution is -1.89. The molecule has 0 aliphatic carbocycles. The van der Waals surface area contributed by atoms with Crippen molar-refractivity contribution in [2.75, 3.05) is 0 Å². The van der Waals surface area contributed by atoms with E-state index in [0.717, 1.165) is 19.1 Å². The van der Waals surface area contributed by atoms with Crippen LogP contribution in [0.3, 0.4) is 0 Å². The van der Waals surface area contributed by atoms with Crippen molar-refractivity contribution in [2.45, 2.75) is 0 Å². The molecule has 0 saturated heterocycles. The third-order valence-electron chi connectivity index (χ3n) is 2.83. The molecule has 2 aromatic heterocycles. The monoisotopic (exact) mass is 364 g/mol. The Morgan fingerprint density at radius 1 is 1.00 bits per heavy atom. The first-order valence-corrected chi connectivity index (χ1v) is 8.26. The third kappa shape index (κ3) is 2.57. The summed E-state index contributed by atoms with van der Waals surface area (Å²) in [6, 6.07) is 15.8. The topological polar surface area (TPSA) is 37.3 Å². The van der Waals surface area contributed by atoms with E-state index < -0.39 is 5.97 Å². The van der Waals surface area contributed by atoms with E-state index in [-0.39, 0.29) is 0 Å². The Morgan fingerprint density at radius 3 is 2.40 bits per heavy atom. The fraction of sp³-hybridized carbons (Fsp3) is 0. The second-order valence-electron chi connectivity index (χ2n) is 4.13. The Balaban J connectivity index is 2.02. The summed E-state index contributed by atoms with van der Waals surface area (Å²) in [6.07, 6.45) is 0. The first-order valence-electron chi connectivity index (χ1n) is 5.83. The summed E-state index contributed by atoms with van der Waals surface area (Å²) in [5.41, 5.74) is 2.21. The number of aromatic carboxylic acids is 1. The fourth-order valence-corrected chi connectivity index (χ4v) is 4.70. The maximum Gasteiger partial charge on any atom is 0.345 e. The van der Waals surface area contributed by atoms with Crippen LogP contribution >= 0.6 is 38.6 Å². The van der Waals surface area contributed by atoms with E-state index in [1.807, 2.05) is 24.3 Å². The smallest absolute Gasteiger partial charge is 0.345 e. The van der Waals surface area contributed by atoms with Crippen LogP contribution in [0, 0.1) is 0 Å². The average Bonchev–Trinajstić information content (AvgIpc) is 3.06. The molecule has 0 atom stereocenters. The first-order chi connectivity index (χ1) is 9.65. The zero-order chi connectivity index (χ0) is 14.1. The number of benzene rings is 1. The molecule has 0 aliphatic rings. The summed E-state index contributed by atoms with van der Waals surface area (Å²) >= 11 is 6.52. The van der Waals surface area contributed by atoms with Crippen molar-refractivity contribution in [3.63, 3.8) is 0 Å². The van der Waals surface area contributed by atoms with E-state index in [0.29, 0.717) is 4.88 Å². The summed E-state index contributed by atoms with van der Waals surface area (Å²) < 4.78 is 1.02. The number of thiophene rings is 2. The highest BCUT2D eigenvalue weighted by Gasteiger charge is 2.14. The molecule has 1 N–H and O–H groups in total. The quantitative estimate of drug-likeness (QED) is 0.656. The van der Waals surface area contributed by atoms with Gasteiger partial charge in [0.2, 0.25) is 0 Å². The molecule has 0 saturated carbocycles. The molecule has 0 unspecified atom stereocenters. The highest BCUT2D eigenvalue weighted by atomic mass is 79.9. The molecule has 0 fully saturated rings. The highest BCUT2D eigenvalue weighted by molar-refractivity contribution is 9.11. The van der Waals surface area contributed by atoms with Crippen LogP contribution < -0.4 is 0 Å². The molecule has 0 aliphatic heterocycles. The predicted molar refractivity (Wildman–Crippen MR) is 87.7 cm³/mol. The van der Waals surface area contributed by atoms with Gasteiger partial charge in [-0.05, 0) is 39.7 Å². The van der Waals surface area contributed by atoms with Crippen LogP contribution in [-0.2, 0) is 0 Å². The molecule has 2 nitrogen and oxygen atoms in total. The van der Waals surface area contributed by atoms with Gasteiger partial charge in [0.15, 0.2) is 0 Å². The van der Waals surface area contributed by atoms with Crippen LogP contribution in [0.5, 0.6) is 0 Å². The van der Waals surface area contributed by atoms with Crippen LogP contribution in [0.25, 0.3) is 20.9 Å². The Kier molecular flexibility index (Phi) is 3.74. The van der Waals surface area contributed by atoms with Gasteiger partial charge in [-0.3, -0.25) is 0 Å². The standard InChI is InChI=1S/C15H9BrO2S2/c16-14-10(11-6-7-12(19-11)15(17)18)8-13(20-14)9-4-2-1-3-5-9/h1-8H,(H,17,18). The maximum atomic E-state index is 11.0. The summed E-state index contributed by atoms with van der Waals surface area (Å²) in [7, 11) is 0. The molecule has 0 radical (unpaired) electrons. The van der Waals surface area contributed by atoms with Gasteiger partial charge in [0.1, 0.15) is 4.88 Å². The van der Waals surface area contributed by atoms with Gasteiger partial charge >= 0.3 is 5.97 Å². The number of halogens is 1. The van der Waals surface area contributed by atoms with Crippen LogP contribution in [0.1, 0.15) is 9.67 Å². The van der Waals surface area contributed by atoms with Gasteiger partial charge in [-0.2, -0.15) is 0 Å². The maximum absolute atomic E-state index is 11.0. The van der Waals surface area contributed by atoms with Crippen molar-refractivity contribution in [3.8, 4) is 20.9 Å². The van der Waals surface area contributed by atoms with Gasteiger partial charge in [0.05, 0.1) is 3.79 Å². The molecule has 1 aromatic carbocycles. The van der Waals surface area contributed by atoms with Crippen LogP contribution in [0.2, 0.25) is 0 Å². The molecule has 100 valence electrons. The van der Waals surface area contributed by atoms with Gasteiger partial charge in [0, 0.05) is 15.3 Å². The van der Waals surface area contributed by atoms with E-state index in [9.17, 15) is 4.79 Å². The van der Waals surface area contributed by atoms with Gasteiger partial charge in [-0.15, -0.1) is 22.7 Å². The number of hydrogen-bond donors (Lipinski definition) is 1. The molecule has 20 heavy (non-hydrogen) atoms. The van der Waals surface area contributed by atoms with Crippen LogP contribution in [0.15, 0.2) is 52.3 Å². The van der Waals surface area contributed by atoms with Crippen molar-refractivity contribution in [1.29, 1.82) is 0 Å². The Hall–Kier alpha value is -1.43. The minimum atomic E-state index is -0.879. The number of carbonyl (C=O) groups is 1. The van der Waals surface area contributed by atoms with E-state index in [1.165, 1.54) is 16.9 Å². The molecular formula is C15H9BrO2S2. The lowest BCUT2D eigenvalue weighted by atomic mass is 10.1. The second kappa shape index (κ2) is 5.52. The zero-order valence-corrected chi connectivity index (χ0v) is 13.4. The van der Waals surface area contributed by atoms with Crippen molar-refractivity contribution in [3.05, 3.63) is 57.2 Å². The Labute approximate surface area is 132 Å². The summed E-state index contributed by atoms with van der Waals surface area (Å²) in [5.74, 6) is -0.879. The van der Waals surface area contributed by atoms with Gasteiger partial charge in [0.25, 0.3) is 0 Å². The highest BCUT2D eigenvalue weighted by Crippen LogP contribution is 2.42. The van der Waals surface area contributed by atoms with Gasteiger partial charge in [-0.1, -0.05) is 30.3 Å². The molecule has 3 rings (SSSR count). The molecule has 3 aromatic rings. The van der Waals surface area contributed by atoms with E-state index in [4.69, 9.17) is 5.11 Å². The molecular weight excluding hydrogens is 356 g/mol. The Morgan fingerprint density at radius 2 is 1.75 bits per heavy atom. The number of carboxylic acid groups (broad SMARTS) is 1. The minimum Gasteiger partial charge on any atom is -0.477 e. The van der Waals surface area contributed by atoms with Crippen molar-refractivity contribution < 1.29 is 9.90 Å². The lowest BCUT2D eigenvalue weighted by Gasteiger charge is -1.94. The summed E-state index contributed by atoms with van der Waals surface area (Å²) in [4.78, 5) is 13.4. The molecule has 0 amide bonds. The lowest BCUT2D eigenvalue weighted by molar-refractivity contribution is 0.0702. The van der Waals surface area contributed by atoms with Gasteiger partial charge in [-0.25, -0.2) is 4.79 Å². The van der Waals surface area contributed by atoms with Crippen LogP contribution in [0.4, 0.5) is 0 Å². The number of carboxylic acids is 1. The van der Waals surface area contributed by atoms with E-state index >= 15 is 0 Å². The van der Waals surface area contributed by atoms with Crippen molar-refractivity contribution >= 4 is 44.6 Å². The number of rotatable bonds is 3. The van der Waals surface area contributed by atoms with Crippen LogP contribution in [-0.4, -0.2) is 11.1 Å². The predicted octanol–water partition coefficient (Wildman–Crippen LogP) is 5.60. The van der Waals surface area contributed by atoms with Crippen molar-refractivity contribution in [2.24, 2.45) is 0 Å². The zero-order valence-electron chi connectivity index (χ0n) is 10.2. The average molecular weight is 365 g/mol. The van der Waals surface area contributed by atoms with Gasteiger partial charge < -0.3 is 5.11 Å². The third-order valence-corrected chi connectivity index (χ3v) is 5.82. The SMILES string of the molecule is O=C(O)c1ccc(-c2cc(-c3ccccc3)sc2Br)s1. The molecule has 5 heteroatoms. The summed E-state index contributed by atoms with van der Waals surface area (Å²) in [5, 5.41) is 9.00.